The normalized spacial score (nSPS) is 39.3. The van der Waals surface area contributed by atoms with E-state index in [1.165, 1.54) is 30.3 Å². The molecular formula is C24H28N2O15. The van der Waals surface area contributed by atoms with E-state index in [0.717, 1.165) is 24.3 Å². The summed E-state index contributed by atoms with van der Waals surface area (Å²) < 4.78 is 16.9. The molecule has 2 fully saturated rings. The Morgan fingerprint density at radius 3 is 1.93 bits per heavy atom. The lowest BCUT2D eigenvalue weighted by atomic mass is 9.81. The average molecular weight is 584 g/mol. The summed E-state index contributed by atoms with van der Waals surface area (Å²) in [5, 5.41) is 110. The first-order chi connectivity index (χ1) is 19.3. The van der Waals surface area contributed by atoms with Gasteiger partial charge in [0.25, 0.3) is 11.5 Å². The standard InChI is InChI=1S/C24H28N2O15/c27-10-15-17(29)19(31)21(22(33,39-15)13-8-4-5-9-14(13)25(35)36)41-24(12-6-2-1-3-7-12)23(34,26(37)38)20(32)18(30)16(11-28)40-24/h1-9,15-21,27-34H,10-11H2/t15-,16-,17+,18+,19+,20+,21-,22+,23-,24+/m1/s1. The molecule has 0 aromatic heterocycles. The highest BCUT2D eigenvalue weighted by Gasteiger charge is 2.77. The lowest BCUT2D eigenvalue weighted by Crippen LogP contribution is -2.77. The van der Waals surface area contributed by atoms with Gasteiger partial charge in [-0.05, 0) is 6.07 Å². The minimum atomic E-state index is -3.85. The maximum Gasteiger partial charge on any atom is 0.409 e. The molecule has 2 aliphatic heterocycles. The predicted molar refractivity (Wildman–Crippen MR) is 130 cm³/mol. The molecule has 0 aliphatic carbocycles. The molecule has 41 heavy (non-hydrogen) atoms. The van der Waals surface area contributed by atoms with Gasteiger partial charge in [-0.25, -0.2) is 0 Å². The molecule has 0 spiro atoms. The van der Waals surface area contributed by atoms with Gasteiger partial charge < -0.3 is 55.1 Å². The fraction of sp³-hybridized carbons (Fsp3) is 0.500. The third kappa shape index (κ3) is 4.66. The predicted octanol–water partition coefficient (Wildman–Crippen LogP) is -2.83. The Morgan fingerprint density at radius 2 is 1.37 bits per heavy atom. The van der Waals surface area contributed by atoms with Crippen molar-refractivity contribution in [2.24, 2.45) is 0 Å². The summed E-state index contributed by atoms with van der Waals surface area (Å²) in [5.41, 5.74) is -5.78. The molecule has 10 atom stereocenters. The molecule has 2 saturated heterocycles. The van der Waals surface area contributed by atoms with Crippen LogP contribution in [0, 0.1) is 20.2 Å². The number of nitro groups is 2. The first kappa shape index (κ1) is 30.8. The largest absolute Gasteiger partial charge is 0.409 e. The summed E-state index contributed by atoms with van der Waals surface area (Å²) in [6.07, 6.45) is -15.6. The topological polar surface area (TPSA) is 276 Å². The highest BCUT2D eigenvalue weighted by atomic mass is 16.8. The molecule has 8 N–H and O–H groups in total. The van der Waals surface area contributed by atoms with Gasteiger partial charge in [0.05, 0.1) is 28.6 Å². The van der Waals surface area contributed by atoms with Gasteiger partial charge in [-0.15, -0.1) is 0 Å². The van der Waals surface area contributed by atoms with Crippen LogP contribution in [0.2, 0.25) is 0 Å². The average Bonchev–Trinajstić information content (AvgIpc) is 2.97. The Balaban J connectivity index is 2.02. The zero-order chi connectivity index (χ0) is 30.3. The van der Waals surface area contributed by atoms with E-state index >= 15 is 0 Å². The number of para-hydroxylation sites is 1. The Morgan fingerprint density at radius 1 is 0.805 bits per heavy atom. The van der Waals surface area contributed by atoms with E-state index in [1.807, 2.05) is 0 Å². The van der Waals surface area contributed by atoms with Crippen LogP contribution in [0.1, 0.15) is 11.1 Å². The molecule has 17 nitrogen and oxygen atoms in total. The first-order valence-corrected chi connectivity index (χ1v) is 12.2. The second-order valence-corrected chi connectivity index (χ2v) is 9.57. The van der Waals surface area contributed by atoms with Crippen molar-refractivity contribution in [1.82, 2.24) is 0 Å². The van der Waals surface area contributed by atoms with Gasteiger partial charge in [-0.1, -0.05) is 42.5 Å². The van der Waals surface area contributed by atoms with E-state index in [9.17, 15) is 61.1 Å². The van der Waals surface area contributed by atoms with Crippen molar-refractivity contribution in [3.05, 3.63) is 86.0 Å². The van der Waals surface area contributed by atoms with Crippen LogP contribution < -0.4 is 0 Å². The monoisotopic (exact) mass is 584 g/mol. The third-order valence-corrected chi connectivity index (χ3v) is 7.25. The smallest absolute Gasteiger partial charge is 0.394 e. The molecule has 0 saturated carbocycles. The van der Waals surface area contributed by atoms with Crippen LogP contribution in [0.25, 0.3) is 0 Å². The molecule has 0 bridgehead atoms. The Kier molecular flexibility index (Phi) is 8.42. The van der Waals surface area contributed by atoms with Crippen LogP contribution in [-0.4, -0.2) is 112 Å². The van der Waals surface area contributed by atoms with Gasteiger partial charge in [0.2, 0.25) is 5.79 Å². The van der Waals surface area contributed by atoms with Crippen molar-refractivity contribution in [2.45, 2.75) is 60.0 Å². The maximum absolute atomic E-state index is 12.4. The number of benzene rings is 2. The zero-order valence-corrected chi connectivity index (χ0v) is 21.0. The van der Waals surface area contributed by atoms with E-state index < -0.39 is 99.9 Å². The summed E-state index contributed by atoms with van der Waals surface area (Å²) in [7, 11) is 0. The molecule has 4 rings (SSSR count). The first-order valence-electron chi connectivity index (χ1n) is 12.2. The van der Waals surface area contributed by atoms with Gasteiger partial charge in [0.1, 0.15) is 36.6 Å². The molecule has 0 radical (unpaired) electrons. The number of aliphatic hydroxyl groups is 8. The summed E-state index contributed by atoms with van der Waals surface area (Å²) in [4.78, 5) is 21.8. The minimum absolute atomic E-state index is 0.445. The molecule has 0 unspecified atom stereocenters. The molecular weight excluding hydrogens is 556 g/mol. The Labute approximate surface area is 230 Å². The number of nitrogens with zero attached hydrogens (tertiary/aromatic N) is 2. The number of ether oxygens (including phenoxy) is 3. The van der Waals surface area contributed by atoms with Gasteiger partial charge >= 0.3 is 5.72 Å². The molecule has 17 heteroatoms. The lowest BCUT2D eigenvalue weighted by Gasteiger charge is -2.54. The second-order valence-electron chi connectivity index (χ2n) is 9.57. The molecule has 2 aromatic carbocycles. The van der Waals surface area contributed by atoms with Crippen LogP contribution in [0.5, 0.6) is 0 Å². The van der Waals surface area contributed by atoms with Gasteiger partial charge in [0, 0.05) is 11.6 Å². The fourth-order valence-electron chi connectivity index (χ4n) is 5.12. The number of hydrogen-bond donors (Lipinski definition) is 8. The van der Waals surface area contributed by atoms with Crippen LogP contribution in [0.15, 0.2) is 54.6 Å². The van der Waals surface area contributed by atoms with Crippen molar-refractivity contribution >= 4 is 5.69 Å². The molecule has 2 aliphatic rings. The quantitative estimate of drug-likeness (QED) is 0.0882. The second kappa shape index (κ2) is 11.2. The van der Waals surface area contributed by atoms with Crippen molar-refractivity contribution in [3.63, 3.8) is 0 Å². The highest BCUT2D eigenvalue weighted by molar-refractivity contribution is 5.44. The number of hydrogen-bond acceptors (Lipinski definition) is 15. The van der Waals surface area contributed by atoms with Crippen LogP contribution in [0.4, 0.5) is 5.69 Å². The summed E-state index contributed by atoms with van der Waals surface area (Å²) in [5.74, 6) is -6.49. The number of aliphatic hydroxyl groups excluding tert-OH is 6. The van der Waals surface area contributed by atoms with E-state index in [-0.39, 0.29) is 0 Å². The highest BCUT2D eigenvalue weighted by Crippen LogP contribution is 2.51. The van der Waals surface area contributed by atoms with E-state index in [4.69, 9.17) is 14.2 Å². The van der Waals surface area contributed by atoms with E-state index in [0.29, 0.717) is 0 Å². The van der Waals surface area contributed by atoms with Crippen molar-refractivity contribution < 1.29 is 64.9 Å². The van der Waals surface area contributed by atoms with Crippen molar-refractivity contribution in [2.75, 3.05) is 13.2 Å². The zero-order valence-electron chi connectivity index (χ0n) is 21.0. The number of nitro benzene ring substituents is 1. The van der Waals surface area contributed by atoms with Crippen LogP contribution in [0.3, 0.4) is 0 Å². The summed E-state index contributed by atoms with van der Waals surface area (Å²) in [6, 6.07) is 10.6. The lowest BCUT2D eigenvalue weighted by molar-refractivity contribution is -0.704. The third-order valence-electron chi connectivity index (χ3n) is 7.25. The molecule has 2 aromatic rings. The van der Waals surface area contributed by atoms with E-state index in [2.05, 4.69) is 0 Å². The molecule has 2 heterocycles. The van der Waals surface area contributed by atoms with Crippen LogP contribution in [-0.2, 0) is 25.8 Å². The Hall–Kier alpha value is -3.20. The number of rotatable bonds is 8. The Bertz CT molecular complexity index is 1270. The van der Waals surface area contributed by atoms with E-state index in [1.54, 1.807) is 0 Å². The fourth-order valence-corrected chi connectivity index (χ4v) is 5.12. The maximum atomic E-state index is 12.4. The van der Waals surface area contributed by atoms with Gasteiger partial charge in [0.15, 0.2) is 6.10 Å². The summed E-state index contributed by atoms with van der Waals surface area (Å²) in [6.45, 7) is -2.11. The SMILES string of the molecule is O=[N+]([O-])c1ccccc1[C@]1(O)O[C@H](CO)[C@H](O)[C@H](O)[C@H]1O[C@]1(c2ccccc2)O[C@H](CO)[C@H](O)[C@H](O)[C@]1(O)[N+](=O)[O-]. The van der Waals surface area contributed by atoms with Crippen molar-refractivity contribution in [1.29, 1.82) is 0 Å². The van der Waals surface area contributed by atoms with Gasteiger partial charge in [-0.2, -0.15) is 0 Å². The van der Waals surface area contributed by atoms with Crippen LogP contribution >= 0.6 is 0 Å². The molecule has 224 valence electrons. The van der Waals surface area contributed by atoms with Gasteiger partial charge in [-0.3, -0.25) is 20.2 Å². The molecule has 0 amide bonds. The minimum Gasteiger partial charge on any atom is -0.394 e. The van der Waals surface area contributed by atoms with Crippen molar-refractivity contribution in [3.8, 4) is 0 Å². The summed E-state index contributed by atoms with van der Waals surface area (Å²) >= 11 is 0.